The van der Waals surface area contributed by atoms with E-state index in [1.165, 1.54) is 0 Å². The summed E-state index contributed by atoms with van der Waals surface area (Å²) in [6.07, 6.45) is 0.898. The van der Waals surface area contributed by atoms with Gasteiger partial charge in [-0.2, -0.15) is 0 Å². The topological polar surface area (TPSA) is 75.6 Å². The summed E-state index contributed by atoms with van der Waals surface area (Å²) in [5, 5.41) is 13.5. The number of hydrogen-bond donors (Lipinski definition) is 2. The van der Waals surface area contributed by atoms with Crippen molar-refractivity contribution in [2.75, 3.05) is 6.61 Å². The van der Waals surface area contributed by atoms with E-state index >= 15 is 0 Å². The van der Waals surface area contributed by atoms with Gasteiger partial charge in [0.15, 0.2) is 0 Å². The van der Waals surface area contributed by atoms with Crippen molar-refractivity contribution in [3.63, 3.8) is 0 Å². The summed E-state index contributed by atoms with van der Waals surface area (Å²) in [5.74, 6) is -0.923. The van der Waals surface area contributed by atoms with Crippen LogP contribution in [0.2, 0.25) is 0 Å². The average molecular weight is 393 g/mol. The highest BCUT2D eigenvalue weighted by atomic mass is 16.5. The van der Waals surface area contributed by atoms with Crippen molar-refractivity contribution in [1.82, 2.24) is 5.32 Å². The fraction of sp³-hybridized carbons (Fsp3) is 0.333. The van der Waals surface area contributed by atoms with Crippen molar-refractivity contribution >= 4 is 17.4 Å². The Morgan fingerprint density at radius 2 is 1.66 bits per heavy atom. The largest absolute Gasteiger partial charge is 0.507 e. The van der Waals surface area contributed by atoms with Gasteiger partial charge in [-0.25, -0.2) is 0 Å². The Kier molecular flexibility index (Phi) is 5.78. The second kappa shape index (κ2) is 8.11. The number of benzene rings is 2. The van der Waals surface area contributed by atoms with E-state index in [9.17, 15) is 14.7 Å². The minimum atomic E-state index is -0.710. The van der Waals surface area contributed by atoms with E-state index in [1.54, 1.807) is 24.3 Å². The Labute approximate surface area is 171 Å². The predicted octanol–water partition coefficient (Wildman–Crippen LogP) is 4.48. The first kappa shape index (κ1) is 20.6. The van der Waals surface area contributed by atoms with Crippen molar-refractivity contribution in [1.29, 1.82) is 0 Å². The number of aliphatic hydroxyl groups excluding tert-OH is 1. The van der Waals surface area contributed by atoms with Gasteiger partial charge in [0.05, 0.1) is 18.2 Å². The third-order valence-corrected chi connectivity index (χ3v) is 4.98. The Bertz CT molecular complexity index is 934. The van der Waals surface area contributed by atoms with Crippen LogP contribution in [0.3, 0.4) is 0 Å². The zero-order valence-corrected chi connectivity index (χ0v) is 17.3. The summed E-state index contributed by atoms with van der Waals surface area (Å²) >= 11 is 0. The quantitative estimate of drug-likeness (QED) is 0.446. The minimum Gasteiger partial charge on any atom is -0.507 e. The number of ether oxygens (including phenoxy) is 1. The van der Waals surface area contributed by atoms with Gasteiger partial charge in [0, 0.05) is 5.56 Å². The fourth-order valence-electron chi connectivity index (χ4n) is 3.28. The van der Waals surface area contributed by atoms with Crippen LogP contribution in [0, 0.1) is 0 Å². The molecule has 29 heavy (non-hydrogen) atoms. The summed E-state index contributed by atoms with van der Waals surface area (Å²) in [7, 11) is 0. The van der Waals surface area contributed by atoms with Gasteiger partial charge in [-0.05, 0) is 47.2 Å². The maximum Gasteiger partial charge on any atom is 0.293 e. The van der Waals surface area contributed by atoms with Gasteiger partial charge >= 0.3 is 0 Å². The maximum absolute atomic E-state index is 12.5. The number of ketones is 1. The molecule has 2 aromatic rings. The van der Waals surface area contributed by atoms with Gasteiger partial charge < -0.3 is 15.2 Å². The van der Waals surface area contributed by atoms with E-state index in [1.807, 2.05) is 31.2 Å². The molecule has 5 nitrogen and oxygen atoms in total. The van der Waals surface area contributed by atoms with Crippen LogP contribution < -0.4 is 10.1 Å². The van der Waals surface area contributed by atoms with Gasteiger partial charge in [0.1, 0.15) is 11.5 Å². The third kappa shape index (κ3) is 4.34. The average Bonchev–Trinajstić information content (AvgIpc) is 3.00. The van der Waals surface area contributed by atoms with Crippen LogP contribution in [0.4, 0.5) is 0 Å². The molecule has 1 aliphatic heterocycles. The molecule has 1 fully saturated rings. The van der Waals surface area contributed by atoms with Gasteiger partial charge in [0.25, 0.3) is 11.7 Å². The highest BCUT2D eigenvalue weighted by Gasteiger charge is 2.39. The Hall–Kier alpha value is -3.08. The molecule has 0 aromatic heterocycles. The van der Waals surface area contributed by atoms with E-state index in [4.69, 9.17) is 4.74 Å². The molecule has 1 aliphatic rings. The zero-order chi connectivity index (χ0) is 21.2. The number of Topliss-reactive ketones (excluding diaryl/α,β-unsaturated/α-hetero) is 1. The van der Waals surface area contributed by atoms with Crippen molar-refractivity contribution in [3.8, 4) is 5.75 Å². The third-order valence-electron chi connectivity index (χ3n) is 4.98. The molecule has 1 amide bonds. The standard InChI is InChI=1S/C24H27NO4/c1-5-14-29-18-12-8-16(9-13-18)21(26)19-20(25-23(28)22(19)27)15-6-10-17(11-7-15)24(2,3)4/h6-13,20,26H,5,14H2,1-4H3,(H,25,28)/t20-/m0/s1. The van der Waals surface area contributed by atoms with Gasteiger partial charge in [-0.3, -0.25) is 9.59 Å². The molecule has 0 aliphatic carbocycles. The highest BCUT2D eigenvalue weighted by molar-refractivity contribution is 6.46. The van der Waals surface area contributed by atoms with Crippen LogP contribution in [-0.4, -0.2) is 23.4 Å². The number of hydrogen-bond acceptors (Lipinski definition) is 4. The van der Waals surface area contributed by atoms with Crippen molar-refractivity contribution in [2.24, 2.45) is 0 Å². The molecule has 0 bridgehead atoms. The lowest BCUT2D eigenvalue weighted by atomic mass is 9.85. The molecule has 5 heteroatoms. The lowest BCUT2D eigenvalue weighted by Gasteiger charge is -2.20. The molecular formula is C24H27NO4. The first-order chi connectivity index (χ1) is 13.7. The van der Waals surface area contributed by atoms with Crippen molar-refractivity contribution in [2.45, 2.75) is 45.6 Å². The van der Waals surface area contributed by atoms with Crippen LogP contribution >= 0.6 is 0 Å². The number of rotatable bonds is 5. The molecule has 0 radical (unpaired) electrons. The van der Waals surface area contributed by atoms with Gasteiger partial charge in [0.2, 0.25) is 0 Å². The molecule has 152 valence electrons. The molecule has 0 unspecified atom stereocenters. The van der Waals surface area contributed by atoms with Crippen molar-refractivity contribution < 1.29 is 19.4 Å². The monoisotopic (exact) mass is 393 g/mol. The molecule has 2 N–H and O–H groups in total. The van der Waals surface area contributed by atoms with E-state index in [0.29, 0.717) is 17.9 Å². The first-order valence-electron chi connectivity index (χ1n) is 9.84. The van der Waals surface area contributed by atoms with Crippen molar-refractivity contribution in [3.05, 3.63) is 70.8 Å². The molecule has 0 saturated carbocycles. The Morgan fingerprint density at radius 3 is 2.21 bits per heavy atom. The lowest BCUT2D eigenvalue weighted by molar-refractivity contribution is -0.133. The fourth-order valence-corrected chi connectivity index (χ4v) is 3.28. The second-order valence-electron chi connectivity index (χ2n) is 8.24. The summed E-state index contributed by atoms with van der Waals surface area (Å²) < 4.78 is 5.55. The van der Waals surface area contributed by atoms with Crippen LogP contribution in [0.25, 0.3) is 5.76 Å². The van der Waals surface area contributed by atoms with Crippen LogP contribution in [0.5, 0.6) is 5.75 Å². The summed E-state index contributed by atoms with van der Waals surface area (Å²) in [6.45, 7) is 8.99. The molecule has 1 saturated heterocycles. The highest BCUT2D eigenvalue weighted by Crippen LogP contribution is 2.34. The van der Waals surface area contributed by atoms with Crippen LogP contribution in [0.1, 0.15) is 56.8 Å². The first-order valence-corrected chi connectivity index (χ1v) is 9.84. The van der Waals surface area contributed by atoms with E-state index < -0.39 is 17.7 Å². The number of carbonyl (C=O) groups excluding carboxylic acids is 2. The number of nitrogens with one attached hydrogen (secondary N) is 1. The zero-order valence-electron chi connectivity index (χ0n) is 17.3. The molecule has 2 aromatic carbocycles. The number of aliphatic hydroxyl groups is 1. The number of amides is 1. The SMILES string of the molecule is CCCOc1ccc(C(O)=C2C(=O)C(=O)N[C@H]2c2ccc(C(C)(C)C)cc2)cc1. The van der Waals surface area contributed by atoms with Crippen LogP contribution in [-0.2, 0) is 15.0 Å². The molecule has 3 rings (SSSR count). The minimum absolute atomic E-state index is 0.00429. The molecular weight excluding hydrogens is 366 g/mol. The van der Waals surface area contributed by atoms with E-state index in [0.717, 1.165) is 17.5 Å². The summed E-state index contributed by atoms with van der Waals surface area (Å²) in [4.78, 5) is 24.6. The molecule has 1 heterocycles. The normalized spacial score (nSPS) is 18.6. The Balaban J connectivity index is 1.96. The smallest absolute Gasteiger partial charge is 0.293 e. The molecule has 0 spiro atoms. The van der Waals surface area contributed by atoms with E-state index in [2.05, 4.69) is 26.1 Å². The second-order valence-corrected chi connectivity index (χ2v) is 8.24. The predicted molar refractivity (Wildman–Crippen MR) is 113 cm³/mol. The van der Waals surface area contributed by atoms with Crippen LogP contribution in [0.15, 0.2) is 54.1 Å². The maximum atomic E-state index is 12.5. The van der Waals surface area contributed by atoms with Gasteiger partial charge in [-0.1, -0.05) is 52.0 Å². The summed E-state index contributed by atoms with van der Waals surface area (Å²) in [6, 6.07) is 13.9. The van der Waals surface area contributed by atoms with Gasteiger partial charge in [-0.15, -0.1) is 0 Å². The van der Waals surface area contributed by atoms with E-state index in [-0.39, 0.29) is 16.7 Å². The summed E-state index contributed by atoms with van der Waals surface area (Å²) in [5.41, 5.74) is 2.43. The Morgan fingerprint density at radius 1 is 1.03 bits per heavy atom. The number of carbonyl (C=O) groups is 2. The molecule has 1 atom stereocenters. The lowest BCUT2D eigenvalue weighted by Crippen LogP contribution is -2.21.